The molecular weight excluding hydrogens is 310 g/mol. The van der Waals surface area contributed by atoms with Gasteiger partial charge in [0, 0.05) is 24.8 Å². The second-order valence-electron chi connectivity index (χ2n) is 5.19. The van der Waals surface area contributed by atoms with Crippen molar-refractivity contribution in [2.24, 2.45) is 7.05 Å². The van der Waals surface area contributed by atoms with Gasteiger partial charge in [0.05, 0.1) is 5.51 Å². The van der Waals surface area contributed by atoms with Crippen molar-refractivity contribution in [2.75, 3.05) is 0 Å². The largest absolute Gasteiger partial charge is 0.449 e. The second-order valence-corrected chi connectivity index (χ2v) is 5.91. The van der Waals surface area contributed by atoms with E-state index in [1.807, 2.05) is 36.0 Å². The summed E-state index contributed by atoms with van der Waals surface area (Å²) in [7, 11) is 1.90. The standard InChI is InChI=1S/C17H17N3O2S/c1-20-10-9-18-16(20)15(8-7-13-5-3-2-4-6-13)22-17(21)14-11-23-12-19-14/h2-6,9-12,15H,7-8H2,1H3/t15-/m0/s1. The number of aryl methyl sites for hydroxylation is 2. The number of carbonyl (C=O) groups is 1. The van der Waals surface area contributed by atoms with Crippen LogP contribution in [0.15, 0.2) is 53.6 Å². The Labute approximate surface area is 138 Å². The average molecular weight is 327 g/mol. The highest BCUT2D eigenvalue weighted by atomic mass is 32.1. The highest BCUT2D eigenvalue weighted by Crippen LogP contribution is 2.23. The molecule has 118 valence electrons. The Morgan fingerprint density at radius 1 is 1.30 bits per heavy atom. The lowest BCUT2D eigenvalue weighted by molar-refractivity contribution is 0.0243. The van der Waals surface area contributed by atoms with Crippen LogP contribution in [0.4, 0.5) is 0 Å². The number of imidazole rings is 1. The molecule has 0 bridgehead atoms. The van der Waals surface area contributed by atoms with E-state index in [0.717, 1.165) is 12.2 Å². The first-order valence-electron chi connectivity index (χ1n) is 7.34. The molecule has 0 unspecified atom stereocenters. The average Bonchev–Trinajstić information content (AvgIpc) is 3.24. The molecule has 0 radical (unpaired) electrons. The van der Waals surface area contributed by atoms with Crippen LogP contribution in [0, 0.1) is 0 Å². The van der Waals surface area contributed by atoms with Crippen LogP contribution in [-0.2, 0) is 18.2 Å². The summed E-state index contributed by atoms with van der Waals surface area (Å²) in [6.07, 6.45) is 4.64. The molecule has 23 heavy (non-hydrogen) atoms. The van der Waals surface area contributed by atoms with Crippen LogP contribution in [0.5, 0.6) is 0 Å². The Kier molecular flexibility index (Phi) is 4.83. The molecule has 0 spiro atoms. The molecule has 1 atom stereocenters. The van der Waals surface area contributed by atoms with Crippen LogP contribution < -0.4 is 0 Å². The number of nitrogens with zero attached hydrogens (tertiary/aromatic N) is 3. The van der Waals surface area contributed by atoms with Crippen molar-refractivity contribution in [3.63, 3.8) is 0 Å². The van der Waals surface area contributed by atoms with Crippen molar-refractivity contribution in [2.45, 2.75) is 18.9 Å². The van der Waals surface area contributed by atoms with Gasteiger partial charge in [0.25, 0.3) is 0 Å². The van der Waals surface area contributed by atoms with Gasteiger partial charge in [-0.05, 0) is 18.4 Å². The molecule has 0 aliphatic heterocycles. The molecule has 1 aromatic carbocycles. The zero-order valence-electron chi connectivity index (χ0n) is 12.8. The lowest BCUT2D eigenvalue weighted by Gasteiger charge is -2.17. The van der Waals surface area contributed by atoms with Gasteiger partial charge in [-0.25, -0.2) is 14.8 Å². The van der Waals surface area contributed by atoms with Crippen molar-refractivity contribution in [1.29, 1.82) is 0 Å². The van der Waals surface area contributed by atoms with Gasteiger partial charge >= 0.3 is 5.97 Å². The third kappa shape index (κ3) is 3.84. The molecule has 3 rings (SSSR count). The lowest BCUT2D eigenvalue weighted by atomic mass is 10.1. The smallest absolute Gasteiger partial charge is 0.358 e. The second kappa shape index (κ2) is 7.19. The first-order chi connectivity index (χ1) is 11.2. The Morgan fingerprint density at radius 3 is 2.78 bits per heavy atom. The Hall–Kier alpha value is -2.47. The number of hydrogen-bond acceptors (Lipinski definition) is 5. The number of benzene rings is 1. The van der Waals surface area contributed by atoms with E-state index in [4.69, 9.17) is 4.74 Å². The predicted octanol–water partition coefficient (Wildman–Crippen LogP) is 3.41. The van der Waals surface area contributed by atoms with Crippen LogP contribution >= 0.6 is 11.3 Å². The minimum Gasteiger partial charge on any atom is -0.449 e. The Morgan fingerprint density at radius 2 is 2.13 bits per heavy atom. The number of carbonyl (C=O) groups excluding carboxylic acids is 1. The fourth-order valence-electron chi connectivity index (χ4n) is 2.37. The number of rotatable bonds is 6. The van der Waals surface area contributed by atoms with Crippen molar-refractivity contribution < 1.29 is 9.53 Å². The molecule has 0 N–H and O–H groups in total. The molecule has 0 aliphatic rings. The van der Waals surface area contributed by atoms with E-state index in [2.05, 4.69) is 22.1 Å². The fourth-order valence-corrected chi connectivity index (χ4v) is 2.89. The molecule has 2 aromatic heterocycles. The first-order valence-corrected chi connectivity index (χ1v) is 8.28. The lowest BCUT2D eigenvalue weighted by Crippen LogP contribution is -2.16. The summed E-state index contributed by atoms with van der Waals surface area (Å²) in [6.45, 7) is 0. The van der Waals surface area contributed by atoms with Crippen molar-refractivity contribution in [3.8, 4) is 0 Å². The number of thiazole rings is 1. The maximum absolute atomic E-state index is 12.2. The molecule has 0 saturated heterocycles. The molecule has 2 heterocycles. The van der Waals surface area contributed by atoms with E-state index >= 15 is 0 Å². The van der Waals surface area contributed by atoms with Gasteiger partial charge < -0.3 is 9.30 Å². The molecule has 5 nitrogen and oxygen atoms in total. The van der Waals surface area contributed by atoms with Gasteiger partial charge in [0.2, 0.25) is 0 Å². The molecular formula is C17H17N3O2S. The molecule has 0 amide bonds. The minimum absolute atomic E-state index is 0.342. The van der Waals surface area contributed by atoms with Crippen molar-refractivity contribution in [1.82, 2.24) is 14.5 Å². The summed E-state index contributed by atoms with van der Waals surface area (Å²) in [5, 5.41) is 1.69. The van der Waals surface area contributed by atoms with Crippen LogP contribution in [0.2, 0.25) is 0 Å². The topological polar surface area (TPSA) is 57.0 Å². The van der Waals surface area contributed by atoms with Gasteiger partial charge in [-0.15, -0.1) is 11.3 Å². The normalized spacial score (nSPS) is 12.0. The van der Waals surface area contributed by atoms with Crippen LogP contribution in [0.1, 0.15) is 34.4 Å². The van der Waals surface area contributed by atoms with E-state index in [1.54, 1.807) is 17.1 Å². The first kappa shape index (κ1) is 15.4. The van der Waals surface area contributed by atoms with Crippen LogP contribution in [0.25, 0.3) is 0 Å². The van der Waals surface area contributed by atoms with E-state index in [1.165, 1.54) is 16.9 Å². The zero-order valence-corrected chi connectivity index (χ0v) is 13.6. The summed E-state index contributed by atoms with van der Waals surface area (Å²) in [4.78, 5) is 20.6. The fraction of sp³-hybridized carbons (Fsp3) is 0.235. The molecule has 0 saturated carbocycles. The number of aromatic nitrogens is 3. The van der Waals surface area contributed by atoms with E-state index < -0.39 is 12.1 Å². The van der Waals surface area contributed by atoms with E-state index in [9.17, 15) is 4.79 Å². The van der Waals surface area contributed by atoms with Crippen molar-refractivity contribution >= 4 is 17.3 Å². The third-order valence-corrected chi connectivity index (χ3v) is 4.16. The van der Waals surface area contributed by atoms with Gasteiger partial charge in [0.1, 0.15) is 5.82 Å². The quantitative estimate of drug-likeness (QED) is 0.651. The van der Waals surface area contributed by atoms with E-state index in [0.29, 0.717) is 12.1 Å². The monoisotopic (exact) mass is 327 g/mol. The molecule has 6 heteroatoms. The SMILES string of the molecule is Cn1ccnc1[C@H](CCc1ccccc1)OC(=O)c1cscn1. The van der Waals surface area contributed by atoms with Crippen molar-refractivity contribution in [3.05, 3.63) is 70.7 Å². The number of ether oxygens (including phenoxy) is 1. The minimum atomic E-state index is -0.410. The van der Waals surface area contributed by atoms with Crippen LogP contribution in [-0.4, -0.2) is 20.5 Å². The highest BCUT2D eigenvalue weighted by molar-refractivity contribution is 7.07. The molecule has 0 fully saturated rings. The van der Waals surface area contributed by atoms with Crippen LogP contribution in [0.3, 0.4) is 0 Å². The zero-order chi connectivity index (χ0) is 16.1. The summed E-state index contributed by atoms with van der Waals surface area (Å²) in [5.41, 5.74) is 3.17. The van der Waals surface area contributed by atoms with Gasteiger partial charge in [-0.2, -0.15) is 0 Å². The Bertz CT molecular complexity index is 753. The van der Waals surface area contributed by atoms with Gasteiger partial charge in [0.15, 0.2) is 11.8 Å². The maximum Gasteiger partial charge on any atom is 0.358 e. The van der Waals surface area contributed by atoms with Gasteiger partial charge in [-0.1, -0.05) is 30.3 Å². The molecule has 0 aliphatic carbocycles. The third-order valence-electron chi connectivity index (χ3n) is 3.58. The van der Waals surface area contributed by atoms with Gasteiger partial charge in [-0.3, -0.25) is 0 Å². The summed E-state index contributed by atoms with van der Waals surface area (Å²) in [6, 6.07) is 10.1. The number of hydrogen-bond donors (Lipinski definition) is 0. The highest BCUT2D eigenvalue weighted by Gasteiger charge is 2.22. The summed E-state index contributed by atoms with van der Waals surface area (Å²) < 4.78 is 7.54. The molecule has 3 aromatic rings. The van der Waals surface area contributed by atoms with E-state index in [-0.39, 0.29) is 0 Å². The number of esters is 1. The maximum atomic E-state index is 12.2. The predicted molar refractivity (Wildman–Crippen MR) is 88.2 cm³/mol. The Balaban J connectivity index is 1.74. The summed E-state index contributed by atoms with van der Waals surface area (Å²) in [5.74, 6) is 0.330. The summed E-state index contributed by atoms with van der Waals surface area (Å²) >= 11 is 1.37.